The van der Waals surface area contributed by atoms with E-state index in [4.69, 9.17) is 0 Å². The summed E-state index contributed by atoms with van der Waals surface area (Å²) in [5.41, 5.74) is 0. The molecule has 0 saturated heterocycles. The lowest BCUT2D eigenvalue weighted by molar-refractivity contribution is 0.318. The predicted octanol–water partition coefficient (Wildman–Crippen LogP) is 5.89. The molecule has 4 heteroatoms. The van der Waals surface area contributed by atoms with E-state index in [1.54, 1.807) is 0 Å². The van der Waals surface area contributed by atoms with Crippen LogP contribution in [0.1, 0.15) is 55.9 Å². The van der Waals surface area contributed by atoms with E-state index in [1.165, 1.54) is 58.1 Å². The van der Waals surface area contributed by atoms with Gasteiger partial charge in [0.2, 0.25) is 0 Å². The second-order valence-electron chi connectivity index (χ2n) is 5.19. The quantitative estimate of drug-likeness (QED) is 0.655. The number of hydrogen-bond donors (Lipinski definition) is 1. The topological polar surface area (TPSA) is 12.0 Å². The van der Waals surface area contributed by atoms with Crippen molar-refractivity contribution in [2.75, 3.05) is 7.05 Å². The first-order valence-corrected chi connectivity index (χ1v) is 9.23. The molecule has 0 spiro atoms. The number of hydrogen-bond acceptors (Lipinski definition) is 2. The largest absolute Gasteiger partial charge is 0.312 e. The minimum Gasteiger partial charge on any atom is -0.312 e. The SMILES string of the molecule is CNC(CCC1CCCCC1)c1cc(Br)c(Br)s1. The minimum absolute atomic E-state index is 0.513. The lowest BCUT2D eigenvalue weighted by atomic mass is 9.85. The van der Waals surface area contributed by atoms with Crippen molar-refractivity contribution in [2.45, 2.75) is 51.0 Å². The van der Waals surface area contributed by atoms with E-state index in [0.29, 0.717) is 6.04 Å². The van der Waals surface area contributed by atoms with Crippen LogP contribution in [-0.4, -0.2) is 7.05 Å². The fourth-order valence-corrected chi connectivity index (χ4v) is 5.08. The Morgan fingerprint density at radius 3 is 2.61 bits per heavy atom. The van der Waals surface area contributed by atoms with Gasteiger partial charge in [-0.15, -0.1) is 11.3 Å². The van der Waals surface area contributed by atoms with Crippen LogP contribution in [0.2, 0.25) is 0 Å². The highest BCUT2D eigenvalue weighted by Gasteiger charge is 2.18. The second-order valence-corrected chi connectivity index (χ2v) is 8.45. The van der Waals surface area contributed by atoms with Crippen LogP contribution < -0.4 is 5.32 Å². The lowest BCUT2D eigenvalue weighted by Crippen LogP contribution is -2.17. The Hall–Kier alpha value is 0.620. The molecule has 0 amide bonds. The standard InChI is InChI=1S/C14H21Br2NS/c1-17-12(13-9-11(15)14(16)18-13)8-7-10-5-3-2-4-6-10/h9-10,12,17H,2-8H2,1H3. The van der Waals surface area contributed by atoms with Gasteiger partial charge in [-0.1, -0.05) is 32.1 Å². The summed E-state index contributed by atoms with van der Waals surface area (Å²) in [6.45, 7) is 0. The van der Waals surface area contributed by atoms with Gasteiger partial charge in [-0.2, -0.15) is 0 Å². The Bertz CT molecular complexity index is 352. The molecule has 1 aromatic heterocycles. The van der Waals surface area contributed by atoms with Gasteiger partial charge in [-0.3, -0.25) is 0 Å². The summed E-state index contributed by atoms with van der Waals surface area (Å²) in [6, 6.07) is 2.76. The molecule has 0 radical (unpaired) electrons. The summed E-state index contributed by atoms with van der Waals surface area (Å²) >= 11 is 9.00. The van der Waals surface area contributed by atoms with Crippen molar-refractivity contribution < 1.29 is 0 Å². The highest BCUT2D eigenvalue weighted by atomic mass is 79.9. The Morgan fingerprint density at radius 1 is 1.33 bits per heavy atom. The lowest BCUT2D eigenvalue weighted by Gasteiger charge is -2.23. The van der Waals surface area contributed by atoms with E-state index < -0.39 is 0 Å². The third kappa shape index (κ3) is 4.06. The maximum Gasteiger partial charge on any atom is 0.0843 e. The molecule has 1 fully saturated rings. The zero-order valence-corrected chi connectivity index (χ0v) is 14.8. The Kier molecular flexibility index (Phi) is 6.19. The van der Waals surface area contributed by atoms with Gasteiger partial charge in [-0.25, -0.2) is 0 Å². The van der Waals surface area contributed by atoms with Gasteiger partial charge in [0, 0.05) is 15.4 Å². The fourth-order valence-electron chi connectivity index (χ4n) is 2.84. The van der Waals surface area contributed by atoms with Crippen molar-refractivity contribution in [3.05, 3.63) is 19.2 Å². The van der Waals surface area contributed by atoms with Gasteiger partial charge < -0.3 is 5.32 Å². The van der Waals surface area contributed by atoms with E-state index in [0.717, 1.165) is 5.92 Å². The van der Waals surface area contributed by atoms with E-state index in [9.17, 15) is 0 Å². The molecule has 1 nitrogen and oxygen atoms in total. The van der Waals surface area contributed by atoms with E-state index >= 15 is 0 Å². The van der Waals surface area contributed by atoms with Crippen LogP contribution in [0.3, 0.4) is 0 Å². The van der Waals surface area contributed by atoms with E-state index in [-0.39, 0.29) is 0 Å². The number of thiophene rings is 1. The summed E-state index contributed by atoms with van der Waals surface area (Å²) < 4.78 is 2.39. The number of halogens is 2. The van der Waals surface area contributed by atoms with Crippen molar-refractivity contribution in [1.82, 2.24) is 5.32 Å². The smallest absolute Gasteiger partial charge is 0.0843 e. The molecule has 0 aliphatic heterocycles. The molecule has 0 aromatic carbocycles. The molecule has 0 bridgehead atoms. The molecule has 102 valence electrons. The summed E-state index contributed by atoms with van der Waals surface area (Å²) in [5.74, 6) is 0.974. The highest BCUT2D eigenvalue weighted by molar-refractivity contribution is 9.13. The molecule has 1 saturated carbocycles. The van der Waals surface area contributed by atoms with Crippen molar-refractivity contribution in [3.8, 4) is 0 Å². The van der Waals surface area contributed by atoms with Gasteiger partial charge in [0.15, 0.2) is 0 Å². The van der Waals surface area contributed by atoms with Gasteiger partial charge >= 0.3 is 0 Å². The summed E-state index contributed by atoms with van der Waals surface area (Å²) in [5, 5.41) is 3.47. The van der Waals surface area contributed by atoms with Gasteiger partial charge in [-0.05, 0) is 63.7 Å². The van der Waals surface area contributed by atoms with E-state index in [1.807, 2.05) is 11.3 Å². The van der Waals surface area contributed by atoms with Crippen molar-refractivity contribution >= 4 is 43.2 Å². The monoisotopic (exact) mass is 393 g/mol. The minimum atomic E-state index is 0.513. The van der Waals surface area contributed by atoms with Gasteiger partial charge in [0.1, 0.15) is 0 Å². The molecule has 1 aliphatic carbocycles. The molecule has 1 aromatic rings. The van der Waals surface area contributed by atoms with Crippen LogP contribution in [0.25, 0.3) is 0 Å². The van der Waals surface area contributed by atoms with Crippen molar-refractivity contribution in [1.29, 1.82) is 0 Å². The number of rotatable bonds is 5. The fraction of sp³-hybridized carbons (Fsp3) is 0.714. The highest BCUT2D eigenvalue weighted by Crippen LogP contribution is 2.38. The molecule has 1 heterocycles. The molecule has 1 aliphatic rings. The van der Waals surface area contributed by atoms with Crippen LogP contribution in [0.4, 0.5) is 0 Å². The first-order valence-electron chi connectivity index (χ1n) is 6.82. The third-order valence-electron chi connectivity index (χ3n) is 3.94. The van der Waals surface area contributed by atoms with Gasteiger partial charge in [0.05, 0.1) is 3.79 Å². The van der Waals surface area contributed by atoms with Gasteiger partial charge in [0.25, 0.3) is 0 Å². The summed E-state index contributed by atoms with van der Waals surface area (Å²) in [7, 11) is 2.08. The van der Waals surface area contributed by atoms with Crippen LogP contribution in [0.5, 0.6) is 0 Å². The van der Waals surface area contributed by atoms with Crippen molar-refractivity contribution in [3.63, 3.8) is 0 Å². The maximum absolute atomic E-state index is 3.59. The zero-order valence-electron chi connectivity index (χ0n) is 10.8. The molecule has 18 heavy (non-hydrogen) atoms. The first kappa shape index (κ1) is 15.0. The van der Waals surface area contributed by atoms with E-state index in [2.05, 4.69) is 50.3 Å². The van der Waals surface area contributed by atoms with Crippen LogP contribution in [0.15, 0.2) is 14.3 Å². The molecule has 1 N–H and O–H groups in total. The molecule has 1 unspecified atom stereocenters. The van der Waals surface area contributed by atoms with Crippen molar-refractivity contribution in [2.24, 2.45) is 5.92 Å². The third-order valence-corrected chi connectivity index (χ3v) is 7.31. The average molecular weight is 395 g/mol. The van der Waals surface area contributed by atoms with Crippen LogP contribution in [-0.2, 0) is 0 Å². The second kappa shape index (κ2) is 7.41. The molecule has 2 rings (SSSR count). The Balaban J connectivity index is 1.88. The predicted molar refractivity (Wildman–Crippen MR) is 87.3 cm³/mol. The average Bonchev–Trinajstić information content (AvgIpc) is 2.71. The molecular weight excluding hydrogens is 374 g/mol. The number of nitrogens with one attached hydrogen (secondary N) is 1. The molecular formula is C14H21Br2NS. The van der Waals surface area contributed by atoms with Crippen LogP contribution in [0, 0.1) is 5.92 Å². The van der Waals surface area contributed by atoms with Crippen LogP contribution >= 0.6 is 43.2 Å². The Morgan fingerprint density at radius 2 is 2.06 bits per heavy atom. The maximum atomic E-state index is 3.59. The summed E-state index contributed by atoms with van der Waals surface area (Å²) in [4.78, 5) is 1.44. The summed E-state index contributed by atoms with van der Waals surface area (Å²) in [6.07, 6.45) is 9.90. The first-order chi connectivity index (χ1) is 8.70. The molecule has 1 atom stereocenters. The Labute approximate surface area is 131 Å². The normalized spacial score (nSPS) is 19.1. The zero-order chi connectivity index (χ0) is 13.0.